The molecule has 0 aliphatic heterocycles. The van der Waals surface area contributed by atoms with Crippen LogP contribution in [0.1, 0.15) is 22.1 Å². The molecule has 21 heavy (non-hydrogen) atoms. The van der Waals surface area contributed by atoms with Crippen molar-refractivity contribution in [1.29, 1.82) is 0 Å². The Hall–Kier alpha value is -1.93. The third-order valence-corrected chi connectivity index (χ3v) is 4.26. The second-order valence-electron chi connectivity index (χ2n) is 4.49. The van der Waals surface area contributed by atoms with Crippen LogP contribution in [0.25, 0.3) is 4.85 Å². The van der Waals surface area contributed by atoms with Gasteiger partial charge < -0.3 is 0 Å². The zero-order valence-electron chi connectivity index (χ0n) is 11.2. The summed E-state index contributed by atoms with van der Waals surface area (Å²) in [6, 6.07) is 12.5. The Balaban J connectivity index is 2.31. The van der Waals surface area contributed by atoms with E-state index in [-0.39, 0.29) is 0 Å². The Kier molecular flexibility index (Phi) is 4.59. The maximum absolute atomic E-state index is 12.7. The molecular weight excluding hydrogens is 295 g/mol. The Morgan fingerprint density at radius 1 is 1.10 bits per heavy atom. The van der Waals surface area contributed by atoms with Gasteiger partial charge in [0.15, 0.2) is 0 Å². The Morgan fingerprint density at radius 3 is 2.43 bits per heavy atom. The Morgan fingerprint density at radius 2 is 1.81 bits per heavy atom. The largest absolute Gasteiger partial charge is 0.416 e. The molecule has 0 saturated carbocycles. The lowest BCUT2D eigenvalue weighted by molar-refractivity contribution is -0.137. The van der Waals surface area contributed by atoms with Gasteiger partial charge in [0.25, 0.3) is 5.37 Å². The smallest absolute Gasteiger partial charge is 0.296 e. The van der Waals surface area contributed by atoms with Crippen molar-refractivity contribution in [3.05, 3.63) is 76.6 Å². The number of thioether (sulfide) groups is 1. The number of rotatable bonds is 3. The molecule has 1 nitrogen and oxygen atoms in total. The van der Waals surface area contributed by atoms with Crippen LogP contribution in [-0.4, -0.2) is 0 Å². The molecule has 1 atom stereocenters. The molecule has 5 heteroatoms. The van der Waals surface area contributed by atoms with Crippen molar-refractivity contribution in [1.82, 2.24) is 0 Å². The van der Waals surface area contributed by atoms with Crippen LogP contribution >= 0.6 is 11.8 Å². The Bertz CT molecular complexity index is 674. The fourth-order valence-corrected chi connectivity index (χ4v) is 2.83. The van der Waals surface area contributed by atoms with E-state index in [0.29, 0.717) is 5.56 Å². The molecule has 108 valence electrons. The number of nitrogens with zero attached hydrogens (tertiary/aromatic N) is 1. The Labute approximate surface area is 125 Å². The number of hydrogen-bond donors (Lipinski definition) is 0. The normalized spacial score (nSPS) is 12.7. The first-order valence-electron chi connectivity index (χ1n) is 6.18. The molecule has 0 amide bonds. The molecule has 0 fully saturated rings. The predicted molar refractivity (Wildman–Crippen MR) is 77.8 cm³/mol. The summed E-state index contributed by atoms with van der Waals surface area (Å²) < 4.78 is 38.2. The molecule has 0 heterocycles. The SMILES string of the molecule is [C-]#[N+]C(Sc1ccccc1C)c1cccc(C(F)(F)F)c1. The van der Waals surface area contributed by atoms with Crippen LogP contribution < -0.4 is 0 Å². The van der Waals surface area contributed by atoms with Gasteiger partial charge in [-0.05, 0) is 42.4 Å². The number of halogens is 3. The van der Waals surface area contributed by atoms with Gasteiger partial charge in [-0.3, -0.25) is 4.85 Å². The van der Waals surface area contributed by atoms with E-state index in [1.165, 1.54) is 17.8 Å². The van der Waals surface area contributed by atoms with Gasteiger partial charge in [-0.15, -0.1) is 0 Å². The van der Waals surface area contributed by atoms with E-state index in [1.807, 2.05) is 31.2 Å². The minimum atomic E-state index is -4.39. The molecule has 0 spiro atoms. The van der Waals surface area contributed by atoms with Crippen molar-refractivity contribution < 1.29 is 13.2 Å². The van der Waals surface area contributed by atoms with Crippen LogP contribution in [0.2, 0.25) is 0 Å². The zero-order chi connectivity index (χ0) is 15.5. The van der Waals surface area contributed by atoms with E-state index in [2.05, 4.69) is 4.85 Å². The summed E-state index contributed by atoms with van der Waals surface area (Å²) in [5, 5.41) is -0.687. The molecule has 2 aromatic carbocycles. The molecular formula is C16H12F3NS. The molecule has 2 aromatic rings. The first-order valence-corrected chi connectivity index (χ1v) is 7.06. The summed E-state index contributed by atoms with van der Waals surface area (Å²) in [5.41, 5.74) is 0.648. The second-order valence-corrected chi connectivity index (χ2v) is 5.61. The fraction of sp³-hybridized carbons (Fsp3) is 0.188. The topological polar surface area (TPSA) is 4.36 Å². The second kappa shape index (κ2) is 6.23. The molecule has 0 saturated heterocycles. The van der Waals surface area contributed by atoms with E-state index in [4.69, 9.17) is 6.57 Å². The standard InChI is InChI=1S/C16H12F3NS/c1-11-6-3-4-9-14(11)21-15(20-2)12-7-5-8-13(10-12)16(17,18)19/h3-10,15H,1H3. The number of hydrogen-bond acceptors (Lipinski definition) is 1. The van der Waals surface area contributed by atoms with Crippen molar-refractivity contribution in [2.75, 3.05) is 0 Å². The van der Waals surface area contributed by atoms with Gasteiger partial charge in [-0.25, -0.2) is 6.57 Å². The zero-order valence-corrected chi connectivity index (χ0v) is 12.0. The highest BCUT2D eigenvalue weighted by Crippen LogP contribution is 2.39. The van der Waals surface area contributed by atoms with Gasteiger partial charge in [0, 0.05) is 10.5 Å². The molecule has 2 rings (SSSR count). The van der Waals surface area contributed by atoms with E-state index in [0.717, 1.165) is 22.6 Å². The van der Waals surface area contributed by atoms with Crippen LogP contribution in [0.4, 0.5) is 13.2 Å². The lowest BCUT2D eigenvalue weighted by Gasteiger charge is -2.11. The van der Waals surface area contributed by atoms with Crippen LogP contribution in [-0.2, 0) is 6.18 Å². The molecule has 1 unspecified atom stereocenters. The molecule has 0 aliphatic carbocycles. The quantitative estimate of drug-likeness (QED) is 0.518. The monoisotopic (exact) mass is 307 g/mol. The first kappa shape index (κ1) is 15.5. The van der Waals surface area contributed by atoms with Crippen LogP contribution in [0.15, 0.2) is 53.4 Å². The van der Waals surface area contributed by atoms with Crippen molar-refractivity contribution in [3.8, 4) is 0 Å². The third-order valence-electron chi connectivity index (χ3n) is 2.95. The highest BCUT2D eigenvalue weighted by molar-refractivity contribution is 7.99. The lowest BCUT2D eigenvalue weighted by Crippen LogP contribution is -2.05. The molecule has 0 bridgehead atoms. The summed E-state index contributed by atoms with van der Waals surface area (Å²) in [5.74, 6) is 0. The molecule has 0 aliphatic rings. The minimum Gasteiger partial charge on any atom is -0.296 e. The van der Waals surface area contributed by atoms with Gasteiger partial charge >= 0.3 is 6.18 Å². The van der Waals surface area contributed by atoms with Crippen LogP contribution in [0.3, 0.4) is 0 Å². The van der Waals surface area contributed by atoms with E-state index < -0.39 is 17.1 Å². The maximum atomic E-state index is 12.7. The highest BCUT2D eigenvalue weighted by atomic mass is 32.2. The third kappa shape index (κ3) is 3.79. The first-order chi connectivity index (χ1) is 9.91. The fourth-order valence-electron chi connectivity index (χ4n) is 1.85. The van der Waals surface area contributed by atoms with Gasteiger partial charge in [-0.2, -0.15) is 13.2 Å². The van der Waals surface area contributed by atoms with Crippen molar-refractivity contribution in [3.63, 3.8) is 0 Å². The molecule has 0 radical (unpaired) electrons. The van der Waals surface area contributed by atoms with Gasteiger partial charge in [-0.1, -0.05) is 30.3 Å². The molecule has 0 N–H and O–H groups in total. The van der Waals surface area contributed by atoms with E-state index >= 15 is 0 Å². The highest BCUT2D eigenvalue weighted by Gasteiger charge is 2.31. The number of aryl methyl sites for hydroxylation is 1. The summed E-state index contributed by atoms with van der Waals surface area (Å²) in [4.78, 5) is 4.36. The maximum Gasteiger partial charge on any atom is 0.416 e. The van der Waals surface area contributed by atoms with Crippen LogP contribution in [0, 0.1) is 13.5 Å². The van der Waals surface area contributed by atoms with E-state index in [9.17, 15) is 13.2 Å². The summed E-state index contributed by atoms with van der Waals surface area (Å²) in [6.07, 6.45) is -4.39. The average Bonchev–Trinajstić information content (AvgIpc) is 2.46. The summed E-state index contributed by atoms with van der Waals surface area (Å²) in [7, 11) is 0. The van der Waals surface area contributed by atoms with Crippen molar-refractivity contribution in [2.45, 2.75) is 23.4 Å². The van der Waals surface area contributed by atoms with Gasteiger partial charge in [0.05, 0.1) is 5.56 Å². The number of alkyl halides is 3. The van der Waals surface area contributed by atoms with Crippen molar-refractivity contribution in [2.24, 2.45) is 0 Å². The molecule has 0 aromatic heterocycles. The van der Waals surface area contributed by atoms with Crippen LogP contribution in [0.5, 0.6) is 0 Å². The minimum absolute atomic E-state index is 0.369. The van der Waals surface area contributed by atoms with E-state index in [1.54, 1.807) is 6.07 Å². The van der Waals surface area contributed by atoms with Gasteiger partial charge in [0.1, 0.15) is 0 Å². The predicted octanol–water partition coefficient (Wildman–Crippen LogP) is 5.72. The lowest BCUT2D eigenvalue weighted by atomic mass is 10.1. The average molecular weight is 307 g/mol. The summed E-state index contributed by atoms with van der Waals surface area (Å²) >= 11 is 1.27. The number of benzene rings is 2. The van der Waals surface area contributed by atoms with Crippen molar-refractivity contribution >= 4 is 11.8 Å². The van der Waals surface area contributed by atoms with Gasteiger partial charge in [0.2, 0.25) is 0 Å². The summed E-state index contributed by atoms with van der Waals surface area (Å²) in [6.45, 7) is 9.18.